The Labute approximate surface area is 209 Å². The molecule has 35 heavy (non-hydrogen) atoms. The van der Waals surface area contributed by atoms with Crippen LogP contribution in [0.1, 0.15) is 79.6 Å². The average molecular weight is 497 g/mol. The van der Waals surface area contributed by atoms with E-state index in [1.807, 2.05) is 13.8 Å². The van der Waals surface area contributed by atoms with Crippen molar-refractivity contribution in [3.8, 4) is 0 Å². The highest BCUT2D eigenvalue weighted by Crippen LogP contribution is 2.68. The van der Waals surface area contributed by atoms with Gasteiger partial charge in [-0.1, -0.05) is 27.7 Å². The molecule has 0 spiro atoms. The van der Waals surface area contributed by atoms with E-state index in [9.17, 15) is 35.4 Å². The SMILES string of the molecule is CC(C)[C@H](CO)[C@@H](O)[C@H](O)[C@](C)(O)[C@H]1CC[C@H]2[C@@H]3CC(=O)[C@H]4C[C@H](O)[C@H](O)C[C@]4(C)[C@H]3CC[C@]12C. The fourth-order valence-corrected chi connectivity index (χ4v) is 9.53. The molecule has 0 radical (unpaired) electrons. The first-order chi connectivity index (χ1) is 16.2. The van der Waals surface area contributed by atoms with Crippen molar-refractivity contribution in [2.75, 3.05) is 6.61 Å². The van der Waals surface area contributed by atoms with Gasteiger partial charge in [0.05, 0.1) is 23.9 Å². The zero-order chi connectivity index (χ0) is 26.1. The van der Waals surface area contributed by atoms with E-state index in [4.69, 9.17) is 0 Å². The molecule has 7 heteroatoms. The van der Waals surface area contributed by atoms with Gasteiger partial charge in [0.15, 0.2) is 0 Å². The number of hydrogen-bond donors (Lipinski definition) is 6. The Hall–Kier alpha value is -0.570. The number of rotatable bonds is 6. The van der Waals surface area contributed by atoms with E-state index < -0.39 is 35.9 Å². The number of fused-ring (bicyclic) bond motifs is 5. The molecule has 4 saturated carbocycles. The number of aliphatic hydroxyl groups excluding tert-OH is 5. The molecular weight excluding hydrogens is 448 g/mol. The molecule has 7 nitrogen and oxygen atoms in total. The van der Waals surface area contributed by atoms with Gasteiger partial charge < -0.3 is 30.6 Å². The quantitative estimate of drug-likeness (QED) is 0.330. The first-order valence-corrected chi connectivity index (χ1v) is 13.8. The Morgan fingerprint density at radius 1 is 1.03 bits per heavy atom. The first-order valence-electron chi connectivity index (χ1n) is 13.8. The van der Waals surface area contributed by atoms with Crippen molar-refractivity contribution < 1.29 is 35.4 Å². The summed E-state index contributed by atoms with van der Waals surface area (Å²) in [5.74, 6) is -0.180. The van der Waals surface area contributed by atoms with Gasteiger partial charge in [-0.3, -0.25) is 4.79 Å². The molecular formula is C28H48O7. The predicted octanol–water partition coefficient (Wildman–Crippen LogP) is 1.89. The lowest BCUT2D eigenvalue weighted by Crippen LogP contribution is -2.62. The Bertz CT molecular complexity index is 798. The molecule has 4 rings (SSSR count). The molecule has 0 aliphatic heterocycles. The van der Waals surface area contributed by atoms with E-state index in [0.717, 1.165) is 19.3 Å². The number of aliphatic hydroxyl groups is 6. The lowest BCUT2D eigenvalue weighted by Gasteiger charge is -2.61. The van der Waals surface area contributed by atoms with Gasteiger partial charge in [-0.25, -0.2) is 0 Å². The summed E-state index contributed by atoms with van der Waals surface area (Å²) in [6.45, 7) is 9.45. The average Bonchev–Trinajstić information content (AvgIpc) is 3.13. The second-order valence-corrected chi connectivity index (χ2v) is 13.6. The van der Waals surface area contributed by atoms with Crippen LogP contribution in [0.25, 0.3) is 0 Å². The highest BCUT2D eigenvalue weighted by atomic mass is 16.4. The van der Waals surface area contributed by atoms with Crippen molar-refractivity contribution in [3.05, 3.63) is 0 Å². The summed E-state index contributed by atoms with van der Waals surface area (Å²) in [6.07, 6.45) is 0.307. The summed E-state index contributed by atoms with van der Waals surface area (Å²) in [4.78, 5) is 13.3. The normalized spacial score (nSPS) is 47.9. The highest BCUT2D eigenvalue weighted by Gasteiger charge is 2.65. The second kappa shape index (κ2) is 9.32. The maximum Gasteiger partial charge on any atom is 0.136 e. The van der Waals surface area contributed by atoms with Crippen LogP contribution < -0.4 is 0 Å². The van der Waals surface area contributed by atoms with E-state index in [1.54, 1.807) is 6.92 Å². The van der Waals surface area contributed by atoms with Gasteiger partial charge >= 0.3 is 0 Å². The smallest absolute Gasteiger partial charge is 0.136 e. The molecule has 0 amide bonds. The van der Waals surface area contributed by atoms with Crippen LogP contribution in [0.5, 0.6) is 0 Å². The highest BCUT2D eigenvalue weighted by molar-refractivity contribution is 5.83. The topological polar surface area (TPSA) is 138 Å². The predicted molar refractivity (Wildman–Crippen MR) is 131 cm³/mol. The van der Waals surface area contributed by atoms with Gasteiger partial charge in [-0.2, -0.15) is 0 Å². The zero-order valence-corrected chi connectivity index (χ0v) is 22.1. The molecule has 0 bridgehead atoms. The van der Waals surface area contributed by atoms with Gasteiger partial charge in [0.25, 0.3) is 0 Å². The van der Waals surface area contributed by atoms with Crippen LogP contribution >= 0.6 is 0 Å². The molecule has 0 aromatic heterocycles. The van der Waals surface area contributed by atoms with Crippen LogP contribution in [-0.4, -0.2) is 73.0 Å². The summed E-state index contributed by atoms with van der Waals surface area (Å²) >= 11 is 0. The van der Waals surface area contributed by atoms with Crippen LogP contribution in [0.4, 0.5) is 0 Å². The summed E-state index contributed by atoms with van der Waals surface area (Å²) in [5.41, 5.74) is -2.15. The lowest BCUT2D eigenvalue weighted by atomic mass is 9.43. The second-order valence-electron chi connectivity index (χ2n) is 13.6. The molecule has 4 aliphatic carbocycles. The van der Waals surface area contributed by atoms with E-state index in [-0.39, 0.29) is 58.7 Å². The molecule has 0 heterocycles. The van der Waals surface area contributed by atoms with E-state index in [0.29, 0.717) is 25.7 Å². The maximum atomic E-state index is 13.3. The minimum atomic E-state index is -1.53. The van der Waals surface area contributed by atoms with Crippen molar-refractivity contribution >= 4 is 5.78 Å². The molecule has 13 atom stereocenters. The van der Waals surface area contributed by atoms with Crippen LogP contribution in [0.2, 0.25) is 0 Å². The number of carbonyl (C=O) groups is 1. The van der Waals surface area contributed by atoms with Gasteiger partial charge in [0.2, 0.25) is 0 Å². The van der Waals surface area contributed by atoms with Crippen molar-refractivity contribution in [1.82, 2.24) is 0 Å². The van der Waals surface area contributed by atoms with Crippen molar-refractivity contribution in [1.29, 1.82) is 0 Å². The van der Waals surface area contributed by atoms with Gasteiger partial charge in [-0.15, -0.1) is 0 Å². The maximum absolute atomic E-state index is 13.3. The lowest BCUT2D eigenvalue weighted by molar-refractivity contribution is -0.198. The standard InChI is InChI=1S/C28H48O7/c1-14(2)16(13-29)24(33)25(34)28(5,35)23-7-6-17-15-10-20(30)19-11-21(31)22(32)12-27(19,4)18(15)8-9-26(17,23)3/h14-19,21-25,29,31-35H,6-13H2,1-5H3/t15-,16-,17-,18-,19+,21-,22+,23-,24+,25-,26-,27+,28+/m0/s1. The van der Waals surface area contributed by atoms with E-state index in [2.05, 4.69) is 13.8 Å². The molecule has 0 saturated heterocycles. The molecule has 0 unspecified atom stereocenters. The van der Waals surface area contributed by atoms with Gasteiger partial charge in [0.1, 0.15) is 11.9 Å². The molecule has 202 valence electrons. The zero-order valence-electron chi connectivity index (χ0n) is 22.1. The largest absolute Gasteiger partial charge is 0.396 e. The third-order valence-electron chi connectivity index (χ3n) is 11.6. The van der Waals surface area contributed by atoms with Crippen molar-refractivity contribution in [2.45, 2.75) is 110 Å². The van der Waals surface area contributed by atoms with E-state index >= 15 is 0 Å². The molecule has 4 aliphatic rings. The fraction of sp³-hybridized carbons (Fsp3) is 0.964. The number of hydrogen-bond acceptors (Lipinski definition) is 7. The van der Waals surface area contributed by atoms with Crippen LogP contribution in [0.15, 0.2) is 0 Å². The summed E-state index contributed by atoms with van der Waals surface area (Å²) < 4.78 is 0. The Morgan fingerprint density at radius 2 is 1.66 bits per heavy atom. The Kier molecular flexibility index (Phi) is 7.31. The van der Waals surface area contributed by atoms with Crippen LogP contribution in [-0.2, 0) is 4.79 Å². The van der Waals surface area contributed by atoms with E-state index in [1.165, 1.54) is 0 Å². The Balaban J connectivity index is 1.59. The number of Topliss-reactive ketones (excluding diaryl/α,β-unsaturated/α-hetero) is 1. The molecule has 0 aromatic carbocycles. The van der Waals surface area contributed by atoms with Crippen LogP contribution in [0, 0.1) is 52.3 Å². The van der Waals surface area contributed by atoms with Gasteiger partial charge in [0, 0.05) is 24.9 Å². The van der Waals surface area contributed by atoms with Gasteiger partial charge in [-0.05, 0) is 85.9 Å². The third kappa shape index (κ3) is 4.13. The number of carbonyl (C=O) groups excluding carboxylic acids is 1. The van der Waals surface area contributed by atoms with Crippen molar-refractivity contribution in [2.24, 2.45) is 52.3 Å². The minimum Gasteiger partial charge on any atom is -0.396 e. The molecule has 4 fully saturated rings. The monoisotopic (exact) mass is 496 g/mol. The summed E-state index contributed by atoms with van der Waals surface area (Å²) in [7, 11) is 0. The minimum absolute atomic E-state index is 0.0471. The number of ketones is 1. The third-order valence-corrected chi connectivity index (χ3v) is 11.6. The fourth-order valence-electron chi connectivity index (χ4n) is 9.53. The van der Waals surface area contributed by atoms with Crippen molar-refractivity contribution in [3.63, 3.8) is 0 Å². The summed E-state index contributed by atoms with van der Waals surface area (Å²) in [5, 5.41) is 64.3. The Morgan fingerprint density at radius 3 is 2.26 bits per heavy atom. The molecule has 6 N–H and O–H groups in total. The van der Waals surface area contributed by atoms with Crippen LogP contribution in [0.3, 0.4) is 0 Å². The summed E-state index contributed by atoms with van der Waals surface area (Å²) in [6, 6.07) is 0. The first kappa shape index (κ1) is 27.5. The molecule has 0 aromatic rings.